The van der Waals surface area contributed by atoms with E-state index in [9.17, 15) is 14.2 Å². The normalized spacial score (nSPS) is 13.3. The van der Waals surface area contributed by atoms with Crippen molar-refractivity contribution in [2.75, 3.05) is 6.61 Å². The van der Waals surface area contributed by atoms with Gasteiger partial charge >= 0.3 is 19.9 Å². The summed E-state index contributed by atoms with van der Waals surface area (Å²) in [4.78, 5) is 48.9. The van der Waals surface area contributed by atoms with E-state index in [1.807, 2.05) is 67.1 Å². The molecule has 221 valence electrons. The Balaban J connectivity index is 1.75. The van der Waals surface area contributed by atoms with Crippen LogP contribution >= 0.6 is 19.2 Å². The van der Waals surface area contributed by atoms with Gasteiger partial charge in [-0.25, -0.2) is 9.36 Å². The standard InChI is InChI=1S/C29H36N2O8PS/c1-29(2,20-38-40(34,35)36)17-27(32)39-26(15-9-14-22-10-5-3-6-11-22)25(16-23-12-7-4-8-13-23)31-28(33)37-19-24-18-30-21-41-24/h3-13,18,21,25-26H,14-17,19-20H2,1-2H3,(H,31,33)(H2,34,35,36)/t25-,26-/m0/s1. The lowest BCUT2D eigenvalue weighted by molar-refractivity contribution is -0.153. The van der Waals surface area contributed by atoms with Crippen molar-refractivity contribution in [2.24, 2.45) is 5.41 Å². The number of carbonyl (C=O) groups is 2. The van der Waals surface area contributed by atoms with Gasteiger partial charge in [0.1, 0.15) is 12.7 Å². The van der Waals surface area contributed by atoms with E-state index in [0.717, 1.165) is 16.0 Å². The molecular formula is C29H36N2O8PS. The van der Waals surface area contributed by atoms with Crippen molar-refractivity contribution < 1.29 is 37.9 Å². The molecule has 3 rings (SSSR count). The van der Waals surface area contributed by atoms with Crippen molar-refractivity contribution in [1.82, 2.24) is 10.3 Å². The monoisotopic (exact) mass is 603 g/mol. The summed E-state index contributed by atoms with van der Waals surface area (Å²) in [6.45, 7) is 3.02. The Bertz CT molecular complexity index is 1250. The van der Waals surface area contributed by atoms with Gasteiger partial charge in [-0.2, -0.15) is 0 Å². The fraction of sp³-hybridized carbons (Fsp3) is 0.379. The number of nitrogens with one attached hydrogen (secondary N) is 1. The Morgan fingerprint density at radius 1 is 1.07 bits per heavy atom. The van der Waals surface area contributed by atoms with E-state index in [1.165, 1.54) is 11.3 Å². The van der Waals surface area contributed by atoms with E-state index in [-0.39, 0.29) is 19.6 Å². The predicted molar refractivity (Wildman–Crippen MR) is 155 cm³/mol. The number of nitrogens with zero attached hydrogens (tertiary/aromatic N) is 1. The Morgan fingerprint density at radius 2 is 1.73 bits per heavy atom. The van der Waals surface area contributed by atoms with Crippen molar-refractivity contribution in [1.29, 1.82) is 0 Å². The summed E-state index contributed by atoms with van der Waals surface area (Å²) >= 11 is 1.37. The highest BCUT2D eigenvalue weighted by molar-refractivity contribution is 7.46. The molecule has 12 heteroatoms. The number of esters is 1. The van der Waals surface area contributed by atoms with Gasteiger partial charge in [-0.15, -0.1) is 11.3 Å². The molecule has 0 unspecified atom stereocenters. The summed E-state index contributed by atoms with van der Waals surface area (Å²) in [7, 11) is -4.69. The van der Waals surface area contributed by atoms with Crippen LogP contribution < -0.4 is 5.32 Å². The Morgan fingerprint density at radius 3 is 2.34 bits per heavy atom. The van der Waals surface area contributed by atoms with Crippen molar-refractivity contribution in [2.45, 2.75) is 58.3 Å². The average molecular weight is 604 g/mol. The van der Waals surface area contributed by atoms with E-state index >= 15 is 0 Å². The maximum Gasteiger partial charge on any atom is 0.469 e. The van der Waals surface area contributed by atoms with Gasteiger partial charge in [0.25, 0.3) is 0 Å². The zero-order valence-corrected chi connectivity index (χ0v) is 24.8. The van der Waals surface area contributed by atoms with Gasteiger partial charge in [-0.1, -0.05) is 74.5 Å². The van der Waals surface area contributed by atoms with Crippen LogP contribution in [0.3, 0.4) is 0 Å². The maximum atomic E-state index is 13.1. The van der Waals surface area contributed by atoms with Crippen LogP contribution in [0.5, 0.6) is 0 Å². The molecule has 2 atom stereocenters. The van der Waals surface area contributed by atoms with Crippen molar-refractivity contribution >= 4 is 31.2 Å². The van der Waals surface area contributed by atoms with Gasteiger partial charge in [0.15, 0.2) is 0 Å². The summed E-state index contributed by atoms with van der Waals surface area (Å²) in [6.07, 6.45) is 3.41. The summed E-state index contributed by atoms with van der Waals surface area (Å²) in [5, 5.41) is 2.89. The van der Waals surface area contributed by atoms with Gasteiger partial charge in [0, 0.05) is 6.20 Å². The third-order valence-corrected chi connectivity index (χ3v) is 7.25. The fourth-order valence-electron chi connectivity index (χ4n) is 4.02. The Hall–Kier alpha value is -3.08. The number of hydrogen-bond donors (Lipinski definition) is 3. The molecule has 1 radical (unpaired) electrons. The summed E-state index contributed by atoms with van der Waals surface area (Å²) in [5.41, 5.74) is 2.76. The largest absolute Gasteiger partial charge is 0.469 e. The average Bonchev–Trinajstić information content (AvgIpc) is 3.44. The van der Waals surface area contributed by atoms with Gasteiger partial charge in [0.05, 0.1) is 29.5 Å². The first-order chi connectivity index (χ1) is 19.5. The van der Waals surface area contributed by atoms with Crippen LogP contribution in [-0.4, -0.2) is 45.6 Å². The molecule has 0 fully saturated rings. The van der Waals surface area contributed by atoms with Crippen LogP contribution in [-0.2, 0) is 42.8 Å². The first kappa shape index (κ1) is 32.4. The minimum Gasteiger partial charge on any atom is -0.460 e. The predicted octanol–water partition coefficient (Wildman–Crippen LogP) is 5.26. The lowest BCUT2D eigenvalue weighted by atomic mass is 9.90. The van der Waals surface area contributed by atoms with Crippen molar-refractivity contribution in [3.8, 4) is 0 Å². The van der Waals surface area contributed by atoms with Gasteiger partial charge in [0.2, 0.25) is 0 Å². The fourth-order valence-corrected chi connectivity index (χ4v) is 5.04. The molecule has 1 aromatic heterocycles. The highest BCUT2D eigenvalue weighted by atomic mass is 32.1. The van der Waals surface area contributed by atoms with E-state index in [1.54, 1.807) is 25.6 Å². The number of benzene rings is 2. The van der Waals surface area contributed by atoms with Crippen LogP contribution in [0.4, 0.5) is 4.79 Å². The zero-order chi connectivity index (χ0) is 29.7. The van der Waals surface area contributed by atoms with Crippen LogP contribution in [0.1, 0.15) is 42.7 Å². The van der Waals surface area contributed by atoms with Crippen LogP contribution in [0.2, 0.25) is 0 Å². The van der Waals surface area contributed by atoms with E-state index in [4.69, 9.17) is 19.3 Å². The molecule has 0 bridgehead atoms. The molecule has 0 aliphatic rings. The van der Waals surface area contributed by atoms with Gasteiger partial charge < -0.3 is 24.6 Å². The molecule has 3 aromatic rings. The molecule has 0 saturated heterocycles. The minimum atomic E-state index is -4.69. The highest BCUT2D eigenvalue weighted by Crippen LogP contribution is 2.39. The number of alkyl carbamates (subject to hydrolysis) is 1. The lowest BCUT2D eigenvalue weighted by Crippen LogP contribution is -2.47. The first-order valence-corrected chi connectivity index (χ1v) is 15.5. The Kier molecular flexibility index (Phi) is 12.5. The molecule has 41 heavy (non-hydrogen) atoms. The quantitative estimate of drug-likeness (QED) is 0.148. The second-order valence-electron chi connectivity index (χ2n) is 10.3. The van der Waals surface area contributed by atoms with Gasteiger partial charge in [-0.3, -0.25) is 14.3 Å². The van der Waals surface area contributed by atoms with Crippen LogP contribution in [0.25, 0.3) is 0 Å². The number of phosphoric ester groups is 1. The summed E-state index contributed by atoms with van der Waals surface area (Å²) < 4.78 is 27.1. The first-order valence-electron chi connectivity index (χ1n) is 13.1. The smallest absolute Gasteiger partial charge is 0.460 e. The number of thiazole rings is 1. The molecule has 1 heterocycles. The Labute approximate surface area is 244 Å². The van der Waals surface area contributed by atoms with Crippen LogP contribution in [0, 0.1) is 11.8 Å². The number of rotatable bonds is 16. The highest BCUT2D eigenvalue weighted by Gasteiger charge is 2.32. The number of amides is 1. The molecule has 0 aliphatic heterocycles. The number of aromatic nitrogens is 1. The van der Waals surface area contributed by atoms with E-state index < -0.39 is 37.4 Å². The summed E-state index contributed by atoms with van der Waals surface area (Å²) in [6, 6.07) is 18.7. The second-order valence-corrected chi connectivity index (χ2v) is 12.5. The molecule has 0 spiro atoms. The minimum absolute atomic E-state index is 0.0624. The van der Waals surface area contributed by atoms with E-state index in [0.29, 0.717) is 19.3 Å². The van der Waals surface area contributed by atoms with Crippen molar-refractivity contribution in [3.63, 3.8) is 0 Å². The maximum absolute atomic E-state index is 13.1. The van der Waals surface area contributed by atoms with Crippen LogP contribution in [0.15, 0.2) is 72.4 Å². The summed E-state index contributed by atoms with van der Waals surface area (Å²) in [5.74, 6) is -0.583. The number of phosphoric acid groups is 1. The molecule has 3 N–H and O–H groups in total. The third kappa shape index (κ3) is 13.0. The number of carbonyl (C=O) groups excluding carboxylic acids is 2. The number of hydrogen-bond acceptors (Lipinski definition) is 8. The van der Waals surface area contributed by atoms with Gasteiger partial charge in [-0.05, 0) is 42.2 Å². The van der Waals surface area contributed by atoms with E-state index in [2.05, 4.69) is 14.8 Å². The molecular weight excluding hydrogens is 567 g/mol. The third-order valence-electron chi connectivity index (χ3n) is 6.03. The molecule has 2 aromatic carbocycles. The number of ether oxygens (including phenoxy) is 2. The topological polar surface area (TPSA) is 144 Å². The van der Waals surface area contributed by atoms with Crippen molar-refractivity contribution in [3.05, 3.63) is 94.8 Å². The zero-order valence-electron chi connectivity index (χ0n) is 23.0. The second kappa shape index (κ2) is 15.8. The molecule has 0 aliphatic carbocycles. The lowest BCUT2D eigenvalue weighted by Gasteiger charge is -2.30. The molecule has 10 nitrogen and oxygen atoms in total. The SMILES string of the molecule is CC(C)(COP(=O)(O)O)CC(=O)O[C@@H](C[CH]Cc1ccccc1)[C@H](Cc1ccccc1)NC(=O)OCc1cncs1. The molecule has 0 saturated carbocycles. The molecule has 1 amide bonds.